The summed E-state index contributed by atoms with van der Waals surface area (Å²) in [7, 11) is 0. The average molecular weight is 276 g/mol. The second-order valence-electron chi connectivity index (χ2n) is 4.42. The molecule has 0 fully saturated rings. The fourth-order valence-electron chi connectivity index (χ4n) is 1.74. The molecule has 1 atom stereocenters. The molecule has 1 aromatic rings. The number of aromatic nitrogens is 2. The maximum absolute atomic E-state index is 12.2. The maximum Gasteiger partial charge on any atom is 0.172 e. The summed E-state index contributed by atoms with van der Waals surface area (Å²) >= 11 is 0. The van der Waals surface area contributed by atoms with Crippen LogP contribution in [0.2, 0.25) is 0 Å². The summed E-state index contributed by atoms with van der Waals surface area (Å²) < 4.78 is 0. The van der Waals surface area contributed by atoms with Gasteiger partial charge in [-0.3, -0.25) is 4.79 Å². The summed E-state index contributed by atoms with van der Waals surface area (Å²) in [5, 5.41) is 19.6. The van der Waals surface area contributed by atoms with Crippen LogP contribution in [-0.2, 0) is 11.2 Å². The third-order valence-electron chi connectivity index (χ3n) is 2.97. The smallest absolute Gasteiger partial charge is 0.172 e. The van der Waals surface area contributed by atoms with E-state index in [0.29, 0.717) is 17.0 Å². The summed E-state index contributed by atoms with van der Waals surface area (Å²) in [6.45, 7) is 3.66. The third-order valence-corrected chi connectivity index (χ3v) is 2.97. The first-order valence-electron chi connectivity index (χ1n) is 6.49. The molecule has 0 aromatic carbocycles. The third kappa shape index (κ3) is 4.55. The molecule has 108 valence electrons. The lowest BCUT2D eigenvalue weighted by Gasteiger charge is -2.17. The quantitative estimate of drug-likeness (QED) is 0.483. The lowest BCUT2D eigenvalue weighted by Crippen LogP contribution is -2.32. The van der Waals surface area contributed by atoms with Gasteiger partial charge in [0.05, 0.1) is 24.3 Å². The number of carbonyl (C=O) groups excluding carboxylic acids is 1. The molecule has 1 rings (SSSR count). The summed E-state index contributed by atoms with van der Waals surface area (Å²) in [6.07, 6.45) is 4.87. The zero-order chi connectivity index (χ0) is 15.0. The molecule has 0 spiro atoms. The van der Waals surface area contributed by atoms with Gasteiger partial charge in [-0.1, -0.05) is 6.92 Å². The van der Waals surface area contributed by atoms with Crippen LogP contribution in [0.4, 0.5) is 0 Å². The molecular weight excluding hydrogens is 256 g/mol. The van der Waals surface area contributed by atoms with Crippen molar-refractivity contribution in [2.45, 2.75) is 32.7 Å². The van der Waals surface area contributed by atoms with Gasteiger partial charge < -0.3 is 15.8 Å². The molecule has 0 saturated carbocycles. The molecule has 0 saturated heterocycles. The van der Waals surface area contributed by atoms with E-state index in [4.69, 9.17) is 10.5 Å². The summed E-state index contributed by atoms with van der Waals surface area (Å²) in [5.74, 6) is -0.184. The second-order valence-corrected chi connectivity index (χ2v) is 4.42. The highest BCUT2D eigenvalue weighted by Gasteiger charge is 2.14. The zero-order valence-corrected chi connectivity index (χ0v) is 11.8. The van der Waals surface area contributed by atoms with E-state index in [1.807, 2.05) is 6.92 Å². The normalized spacial score (nSPS) is 13.3. The first-order valence-corrected chi connectivity index (χ1v) is 6.49. The van der Waals surface area contributed by atoms with Gasteiger partial charge in [0.1, 0.15) is 6.33 Å². The van der Waals surface area contributed by atoms with Crippen molar-refractivity contribution in [1.29, 1.82) is 5.41 Å². The number of hydrogen-bond acceptors (Lipinski definition) is 6. The summed E-state index contributed by atoms with van der Waals surface area (Å²) in [5.41, 5.74) is 1.52. The summed E-state index contributed by atoms with van der Waals surface area (Å²) in [4.78, 5) is 20.0. The van der Waals surface area contributed by atoms with Crippen molar-refractivity contribution < 1.29 is 9.90 Å². The average Bonchev–Trinajstić information content (AvgIpc) is 2.46. The predicted octanol–water partition coefficient (Wildman–Crippen LogP) is 0.872. The van der Waals surface area contributed by atoms with E-state index in [1.165, 1.54) is 6.33 Å². The van der Waals surface area contributed by atoms with Crippen molar-refractivity contribution in [3.05, 3.63) is 35.6 Å². The molecule has 0 aliphatic rings. The minimum atomic E-state index is -0.184. The van der Waals surface area contributed by atoms with E-state index < -0.39 is 0 Å². The molecule has 1 heterocycles. The zero-order valence-electron chi connectivity index (χ0n) is 11.8. The SMILES string of the molecule is CCC(CO)N/C(C)=C(\C=N)C(=O)Cc1ccncn1. The molecule has 1 aromatic heterocycles. The van der Waals surface area contributed by atoms with Crippen LogP contribution >= 0.6 is 0 Å². The largest absolute Gasteiger partial charge is 0.394 e. The van der Waals surface area contributed by atoms with E-state index in [1.54, 1.807) is 19.2 Å². The molecule has 0 bridgehead atoms. The number of aliphatic hydroxyl groups is 1. The molecule has 6 heteroatoms. The van der Waals surface area contributed by atoms with Crippen molar-refractivity contribution in [3.63, 3.8) is 0 Å². The minimum Gasteiger partial charge on any atom is -0.394 e. The Morgan fingerprint density at radius 1 is 1.60 bits per heavy atom. The fourth-order valence-corrected chi connectivity index (χ4v) is 1.74. The van der Waals surface area contributed by atoms with E-state index in [2.05, 4.69) is 15.3 Å². The number of allylic oxidation sites excluding steroid dienone is 2. The monoisotopic (exact) mass is 276 g/mol. The topological polar surface area (TPSA) is 99.0 Å². The van der Waals surface area contributed by atoms with Crippen LogP contribution in [0.5, 0.6) is 0 Å². The van der Waals surface area contributed by atoms with Gasteiger partial charge in [0.2, 0.25) is 0 Å². The number of nitrogens with zero attached hydrogens (tertiary/aromatic N) is 2. The van der Waals surface area contributed by atoms with E-state index in [-0.39, 0.29) is 24.9 Å². The first-order chi connectivity index (χ1) is 9.62. The van der Waals surface area contributed by atoms with Crippen molar-refractivity contribution in [1.82, 2.24) is 15.3 Å². The highest BCUT2D eigenvalue weighted by atomic mass is 16.3. The molecule has 3 N–H and O–H groups in total. The molecule has 1 unspecified atom stereocenters. The lowest BCUT2D eigenvalue weighted by atomic mass is 10.1. The van der Waals surface area contributed by atoms with Crippen molar-refractivity contribution in [2.24, 2.45) is 0 Å². The van der Waals surface area contributed by atoms with Crippen molar-refractivity contribution >= 4 is 12.0 Å². The Bertz CT molecular complexity index is 481. The van der Waals surface area contributed by atoms with Gasteiger partial charge in [-0.25, -0.2) is 9.97 Å². The van der Waals surface area contributed by atoms with Crippen LogP contribution in [-0.4, -0.2) is 39.7 Å². The Morgan fingerprint density at radius 3 is 2.85 bits per heavy atom. The van der Waals surface area contributed by atoms with Crippen LogP contribution < -0.4 is 5.32 Å². The number of rotatable bonds is 8. The molecule has 0 aliphatic heterocycles. The fraction of sp³-hybridized carbons (Fsp3) is 0.429. The highest BCUT2D eigenvalue weighted by molar-refractivity contribution is 6.13. The van der Waals surface area contributed by atoms with Gasteiger partial charge in [0.15, 0.2) is 5.78 Å². The van der Waals surface area contributed by atoms with E-state index in [9.17, 15) is 4.79 Å². The van der Waals surface area contributed by atoms with Gasteiger partial charge in [-0.05, 0) is 19.4 Å². The van der Waals surface area contributed by atoms with Crippen LogP contribution in [0.1, 0.15) is 26.0 Å². The number of hydrogen-bond donors (Lipinski definition) is 3. The maximum atomic E-state index is 12.2. The number of ketones is 1. The van der Waals surface area contributed by atoms with Crippen LogP contribution in [0, 0.1) is 5.41 Å². The Hall–Kier alpha value is -2.08. The number of aliphatic hydroxyl groups excluding tert-OH is 1. The molecule has 0 aliphatic carbocycles. The van der Waals surface area contributed by atoms with E-state index >= 15 is 0 Å². The number of nitrogens with one attached hydrogen (secondary N) is 2. The lowest BCUT2D eigenvalue weighted by molar-refractivity contribution is -0.114. The van der Waals surface area contributed by atoms with Gasteiger partial charge in [0, 0.05) is 24.2 Å². The van der Waals surface area contributed by atoms with Crippen LogP contribution in [0.25, 0.3) is 0 Å². The van der Waals surface area contributed by atoms with Gasteiger partial charge in [-0.2, -0.15) is 0 Å². The van der Waals surface area contributed by atoms with Gasteiger partial charge in [0.25, 0.3) is 0 Å². The molecule has 6 nitrogen and oxygen atoms in total. The molecular formula is C14H20N4O2. The minimum absolute atomic E-state index is 0.0147. The van der Waals surface area contributed by atoms with Crippen LogP contribution in [0.3, 0.4) is 0 Å². The molecule has 20 heavy (non-hydrogen) atoms. The Kier molecular flexibility index (Phi) is 6.52. The van der Waals surface area contributed by atoms with Crippen molar-refractivity contribution in [2.75, 3.05) is 6.61 Å². The first kappa shape index (κ1) is 16.0. The Balaban J connectivity index is 2.83. The summed E-state index contributed by atoms with van der Waals surface area (Å²) in [6, 6.07) is 1.56. The second kappa shape index (κ2) is 8.16. The Labute approximate surface area is 118 Å². The van der Waals surface area contributed by atoms with Crippen LogP contribution in [0.15, 0.2) is 29.9 Å². The number of carbonyl (C=O) groups is 1. The van der Waals surface area contributed by atoms with Gasteiger partial charge in [-0.15, -0.1) is 0 Å². The molecule has 0 radical (unpaired) electrons. The van der Waals surface area contributed by atoms with Gasteiger partial charge >= 0.3 is 0 Å². The Morgan fingerprint density at radius 2 is 2.35 bits per heavy atom. The van der Waals surface area contributed by atoms with Crippen molar-refractivity contribution in [3.8, 4) is 0 Å². The predicted molar refractivity (Wildman–Crippen MR) is 76.5 cm³/mol. The highest BCUT2D eigenvalue weighted by Crippen LogP contribution is 2.06. The van der Waals surface area contributed by atoms with E-state index in [0.717, 1.165) is 12.6 Å². The standard InChI is InChI=1S/C14H20N4O2/c1-3-11(8-19)18-10(2)13(7-15)14(20)6-12-4-5-16-9-17-12/h4-5,7,9,11,15,18-19H,3,6,8H2,1-2H3/b13-10+,15-7?. The number of Topliss-reactive ketones (excluding diaryl/α,β-unsaturated/α-hetero) is 1. The molecule has 0 amide bonds.